The number of carboxylic acids is 2. The van der Waals surface area contributed by atoms with Crippen LogP contribution in [-0.2, 0) is 42.5 Å². The Morgan fingerprint density at radius 3 is 1.28 bits per heavy atom. The normalized spacial score (nSPS) is 7.68. The summed E-state index contributed by atoms with van der Waals surface area (Å²) < 4.78 is 0. The van der Waals surface area contributed by atoms with Crippen LogP contribution in [-0.4, -0.2) is 27.4 Å². The van der Waals surface area contributed by atoms with E-state index in [9.17, 15) is 19.8 Å². The number of rotatable bonds is 3. The Hall–Kier alpha value is -2.69. The third-order valence-electron chi connectivity index (χ3n) is 1.95. The molecule has 0 saturated heterocycles. The number of aromatic nitrogens is 2. The molecule has 2 heterocycles. The number of pyridine rings is 2. The van der Waals surface area contributed by atoms with Crippen LogP contribution in [0.5, 0.6) is 0 Å². The van der Waals surface area contributed by atoms with Crippen molar-refractivity contribution in [3.8, 4) is 11.4 Å². The van der Waals surface area contributed by atoms with Crippen molar-refractivity contribution in [2.75, 3.05) is 0 Å². The minimum Gasteiger partial charge on any atom is -0.545 e. The zero-order valence-corrected chi connectivity index (χ0v) is 13.8. The molecule has 142 valence electrons. The van der Waals surface area contributed by atoms with Gasteiger partial charge in [-0.3, -0.25) is 9.97 Å². The number of hydrogen-bond donors (Lipinski definition) is 0. The van der Waals surface area contributed by atoms with E-state index in [1.54, 1.807) is 12.4 Å². The molecule has 0 saturated carbocycles. The number of carbonyl (C=O) groups is 2. The molecule has 0 unspecified atom stereocenters. The summed E-state index contributed by atoms with van der Waals surface area (Å²) in [4.78, 5) is 27.2. The van der Waals surface area contributed by atoms with Gasteiger partial charge >= 0.3 is 16.5 Å². The second kappa shape index (κ2) is 19.4. The summed E-state index contributed by atoms with van der Waals surface area (Å²) in [5.41, 5.74) is 1.83. The fourth-order valence-corrected chi connectivity index (χ4v) is 1.16. The Kier molecular flexibility index (Phi) is 26.2. The van der Waals surface area contributed by atoms with Gasteiger partial charge in [-0.25, -0.2) is 0 Å². The molecule has 2 rings (SSSR count). The van der Waals surface area contributed by atoms with Gasteiger partial charge in [-0.15, -0.1) is 0 Å². The molecule has 0 aliphatic rings. The molecule has 2 aromatic rings. The van der Waals surface area contributed by atoms with E-state index in [4.69, 9.17) is 0 Å². The minimum absolute atomic E-state index is 0. The third-order valence-corrected chi connectivity index (χ3v) is 1.95. The summed E-state index contributed by atoms with van der Waals surface area (Å²) in [7, 11) is 0. The largest absolute Gasteiger partial charge is 2.00 e. The first-order valence-corrected chi connectivity index (χ1v) is 5.52. The van der Waals surface area contributed by atoms with Crippen LogP contribution in [0.3, 0.4) is 0 Å². The first-order chi connectivity index (χ1) is 9.59. The summed E-state index contributed by atoms with van der Waals surface area (Å²) in [6.45, 7) is 0. The van der Waals surface area contributed by atoms with Gasteiger partial charge in [0.25, 0.3) is 0 Å². The van der Waals surface area contributed by atoms with E-state index in [2.05, 4.69) is 9.97 Å². The van der Waals surface area contributed by atoms with E-state index in [-0.39, 0.29) is 38.4 Å². The molecule has 0 atom stereocenters. The average Bonchev–Trinajstić information content (AvgIpc) is 2.48. The zero-order valence-electron chi connectivity index (χ0n) is 12.8. The van der Waals surface area contributed by atoms with Crippen molar-refractivity contribution < 1.29 is 58.2 Å². The topological polar surface area (TPSA) is 237 Å². The van der Waals surface area contributed by atoms with Crippen molar-refractivity contribution in [3.05, 3.63) is 60.9 Å². The standard InChI is InChI=1S/C10H8N2.C4H4O4.Ni.4H2O/c1-3-7-11-9(5-1)10-6-2-4-8-12-10;5-3(6)1-2-4(7)8;;;;;/h1-8H;1-2H,(H,5,6)(H,7,8);;4*1H2/q;;+2;;;;/p+1/b;2-1-;;;;;. The predicted molar refractivity (Wildman–Crippen MR) is 84.9 cm³/mol. The molecule has 0 radical (unpaired) electrons. The summed E-state index contributed by atoms with van der Waals surface area (Å²) in [5.74, 6) is -3.09. The van der Waals surface area contributed by atoms with Crippen LogP contribution in [0.25, 0.3) is 11.4 Å². The van der Waals surface area contributed by atoms with Gasteiger partial charge in [0, 0.05) is 12.4 Å². The molecule has 2 aromatic heterocycles. The molecule has 0 aliphatic heterocycles. The molecule has 25 heavy (non-hydrogen) atoms. The van der Waals surface area contributed by atoms with E-state index in [0.29, 0.717) is 12.2 Å². The summed E-state index contributed by atoms with van der Waals surface area (Å²) in [6.07, 6.45) is 4.30. The Morgan fingerprint density at radius 2 is 1.08 bits per heavy atom. The van der Waals surface area contributed by atoms with Crippen LogP contribution >= 0.6 is 0 Å². The Labute approximate surface area is 153 Å². The SMILES string of the molecule is O.O=C([O-])/C=C\C(=O)[O-].[Ni+2].[OH3+].[OH3+].[OH3+].c1ccc(-c2ccccn2)nc1. The molecule has 0 fully saturated rings. The van der Waals surface area contributed by atoms with Gasteiger partial charge in [-0.05, 0) is 36.4 Å². The van der Waals surface area contributed by atoms with E-state index in [0.717, 1.165) is 11.4 Å². The van der Waals surface area contributed by atoms with Crippen molar-refractivity contribution in [2.24, 2.45) is 0 Å². The molecular weight excluding hydrogens is 383 g/mol. The Morgan fingerprint density at radius 1 is 0.760 bits per heavy atom. The number of aliphatic carboxylic acids is 2. The van der Waals surface area contributed by atoms with Gasteiger partial charge in [-0.1, -0.05) is 12.1 Å². The van der Waals surface area contributed by atoms with Gasteiger partial charge < -0.3 is 41.7 Å². The average molecular weight is 404 g/mol. The smallest absolute Gasteiger partial charge is 0.545 e. The summed E-state index contributed by atoms with van der Waals surface area (Å²) in [6, 6.07) is 11.6. The quantitative estimate of drug-likeness (QED) is 0.278. The van der Waals surface area contributed by atoms with Crippen LogP contribution in [0, 0.1) is 0 Å². The monoisotopic (exact) mass is 403 g/mol. The van der Waals surface area contributed by atoms with Crippen LogP contribution in [0.1, 0.15) is 0 Å². The van der Waals surface area contributed by atoms with Crippen molar-refractivity contribution in [2.45, 2.75) is 0 Å². The van der Waals surface area contributed by atoms with Gasteiger partial charge in [0.1, 0.15) is 0 Å². The first kappa shape index (κ1) is 33.8. The van der Waals surface area contributed by atoms with Crippen molar-refractivity contribution in [1.29, 1.82) is 0 Å². The molecule has 0 spiro atoms. The zero-order chi connectivity index (χ0) is 14.8. The van der Waals surface area contributed by atoms with Crippen LogP contribution < -0.4 is 10.2 Å². The Bertz CT molecular complexity index is 543. The van der Waals surface area contributed by atoms with Gasteiger partial charge in [0.05, 0.1) is 23.3 Å². The molecule has 0 bridgehead atoms. The van der Waals surface area contributed by atoms with E-state index in [1.807, 2.05) is 36.4 Å². The minimum atomic E-state index is -1.55. The fraction of sp³-hybridized carbons (Fsp3) is 0. The summed E-state index contributed by atoms with van der Waals surface area (Å²) >= 11 is 0. The van der Waals surface area contributed by atoms with Gasteiger partial charge in [0.15, 0.2) is 0 Å². The summed E-state index contributed by atoms with van der Waals surface area (Å²) in [5, 5.41) is 18.8. The van der Waals surface area contributed by atoms with Crippen molar-refractivity contribution in [3.63, 3.8) is 0 Å². The van der Waals surface area contributed by atoms with Gasteiger partial charge in [-0.2, -0.15) is 0 Å². The van der Waals surface area contributed by atoms with Crippen molar-refractivity contribution >= 4 is 11.9 Å². The molecule has 0 aromatic carbocycles. The maximum atomic E-state index is 9.41. The Balaban J connectivity index is -0.0000000941. The first-order valence-electron chi connectivity index (χ1n) is 5.52. The van der Waals surface area contributed by atoms with Crippen LogP contribution in [0.15, 0.2) is 60.9 Å². The van der Waals surface area contributed by atoms with Crippen LogP contribution in [0.2, 0.25) is 0 Å². The second-order valence-corrected chi connectivity index (χ2v) is 3.40. The molecule has 0 amide bonds. The van der Waals surface area contributed by atoms with Crippen LogP contribution in [0.4, 0.5) is 0 Å². The molecular formula is C14H21N2NiO8+3. The van der Waals surface area contributed by atoms with E-state index < -0.39 is 11.9 Å². The number of hydrogen-bond acceptors (Lipinski definition) is 6. The fourth-order valence-electron chi connectivity index (χ4n) is 1.16. The molecule has 11 N–H and O–H groups in total. The predicted octanol–water partition coefficient (Wildman–Crippen LogP) is -4.41. The number of carboxylic acid groups (broad SMARTS) is 2. The number of carbonyl (C=O) groups excluding carboxylic acids is 2. The second-order valence-electron chi connectivity index (χ2n) is 3.40. The maximum Gasteiger partial charge on any atom is 2.00 e. The number of nitrogens with zero attached hydrogens (tertiary/aromatic N) is 2. The third kappa shape index (κ3) is 16.0. The maximum absolute atomic E-state index is 9.41. The van der Waals surface area contributed by atoms with Gasteiger partial charge in [0.2, 0.25) is 0 Å². The van der Waals surface area contributed by atoms with E-state index >= 15 is 0 Å². The molecule has 0 aliphatic carbocycles. The van der Waals surface area contributed by atoms with Crippen molar-refractivity contribution in [1.82, 2.24) is 9.97 Å². The molecule has 10 nitrogen and oxygen atoms in total. The van der Waals surface area contributed by atoms with E-state index in [1.165, 1.54) is 0 Å². The molecule has 11 heteroatoms.